The molecular formula is C15H20N2OS. The van der Waals surface area contributed by atoms with E-state index < -0.39 is 0 Å². The Kier molecular flexibility index (Phi) is 3.31. The Bertz CT molecular complexity index is 501. The number of carbonyl (C=O) groups excluding carboxylic acids is 1. The van der Waals surface area contributed by atoms with Crippen molar-refractivity contribution in [2.24, 2.45) is 11.7 Å². The predicted octanol–water partition coefficient (Wildman–Crippen LogP) is 2.12. The molecule has 4 heteroatoms. The predicted molar refractivity (Wildman–Crippen MR) is 78.2 cm³/mol. The SMILES string of the molecule is CC(CN)(NC(=O)C1CSc2ccccc21)C1CC1. The minimum Gasteiger partial charge on any atom is -0.349 e. The first-order valence-electron chi connectivity index (χ1n) is 6.88. The maximum absolute atomic E-state index is 12.5. The van der Waals surface area contributed by atoms with Crippen LogP contribution < -0.4 is 11.1 Å². The Labute approximate surface area is 118 Å². The Morgan fingerprint density at radius 3 is 2.89 bits per heavy atom. The lowest BCUT2D eigenvalue weighted by molar-refractivity contribution is -0.124. The lowest BCUT2D eigenvalue weighted by Crippen LogP contribution is -2.54. The highest BCUT2D eigenvalue weighted by atomic mass is 32.2. The molecule has 3 N–H and O–H groups in total. The highest BCUT2D eigenvalue weighted by Crippen LogP contribution is 2.42. The van der Waals surface area contributed by atoms with Crippen molar-refractivity contribution in [1.29, 1.82) is 0 Å². The van der Waals surface area contributed by atoms with E-state index in [1.165, 1.54) is 23.3 Å². The van der Waals surface area contributed by atoms with Crippen molar-refractivity contribution in [3.8, 4) is 0 Å². The number of thioether (sulfide) groups is 1. The van der Waals surface area contributed by atoms with Gasteiger partial charge in [-0.15, -0.1) is 11.8 Å². The van der Waals surface area contributed by atoms with Gasteiger partial charge in [-0.25, -0.2) is 0 Å². The Morgan fingerprint density at radius 1 is 1.47 bits per heavy atom. The van der Waals surface area contributed by atoms with Crippen LogP contribution in [0.5, 0.6) is 0 Å². The van der Waals surface area contributed by atoms with Crippen LogP contribution in [0.1, 0.15) is 31.2 Å². The molecule has 2 atom stereocenters. The number of amides is 1. The third-order valence-corrected chi connectivity index (χ3v) is 5.51. The van der Waals surface area contributed by atoms with Crippen molar-refractivity contribution < 1.29 is 4.79 Å². The van der Waals surface area contributed by atoms with Gasteiger partial charge in [-0.2, -0.15) is 0 Å². The Morgan fingerprint density at radius 2 is 2.21 bits per heavy atom. The number of benzene rings is 1. The first kappa shape index (κ1) is 13.0. The fourth-order valence-electron chi connectivity index (χ4n) is 2.79. The average Bonchev–Trinajstić information content (AvgIpc) is 3.19. The van der Waals surface area contributed by atoms with Crippen molar-refractivity contribution in [2.75, 3.05) is 12.3 Å². The number of nitrogens with two attached hydrogens (primary N) is 1. The molecule has 2 unspecified atom stereocenters. The molecule has 0 spiro atoms. The largest absolute Gasteiger partial charge is 0.349 e. The molecule has 0 aromatic heterocycles. The number of carbonyl (C=O) groups is 1. The molecule has 102 valence electrons. The average molecular weight is 276 g/mol. The van der Waals surface area contributed by atoms with Gasteiger partial charge >= 0.3 is 0 Å². The number of hydrogen-bond donors (Lipinski definition) is 2. The number of fused-ring (bicyclic) bond motifs is 1. The lowest BCUT2D eigenvalue weighted by Gasteiger charge is -2.31. The summed E-state index contributed by atoms with van der Waals surface area (Å²) in [5.41, 5.74) is 6.81. The summed E-state index contributed by atoms with van der Waals surface area (Å²) >= 11 is 1.77. The molecule has 2 aliphatic rings. The van der Waals surface area contributed by atoms with Crippen molar-refractivity contribution in [2.45, 2.75) is 36.1 Å². The minimum absolute atomic E-state index is 0.0224. The van der Waals surface area contributed by atoms with Gasteiger partial charge in [0.1, 0.15) is 0 Å². The summed E-state index contributed by atoms with van der Waals surface area (Å²) in [5.74, 6) is 1.52. The van der Waals surface area contributed by atoms with E-state index in [0.717, 1.165) is 5.75 Å². The topological polar surface area (TPSA) is 55.1 Å². The summed E-state index contributed by atoms with van der Waals surface area (Å²) in [6.07, 6.45) is 2.37. The van der Waals surface area contributed by atoms with Crippen molar-refractivity contribution in [3.63, 3.8) is 0 Å². The molecule has 3 nitrogen and oxygen atoms in total. The van der Waals surface area contributed by atoms with E-state index in [1.807, 2.05) is 12.1 Å². The summed E-state index contributed by atoms with van der Waals surface area (Å²) in [6.45, 7) is 2.60. The Hall–Kier alpha value is -1.00. The van der Waals surface area contributed by atoms with Gasteiger partial charge in [-0.1, -0.05) is 18.2 Å². The maximum atomic E-state index is 12.5. The molecule has 0 bridgehead atoms. The summed E-state index contributed by atoms with van der Waals surface area (Å²) in [7, 11) is 0. The van der Waals surface area contributed by atoms with Crippen LogP contribution in [-0.4, -0.2) is 23.7 Å². The summed E-state index contributed by atoms with van der Waals surface area (Å²) in [5, 5.41) is 3.21. The Balaban J connectivity index is 1.75. The van der Waals surface area contributed by atoms with Crippen LogP contribution in [0, 0.1) is 5.92 Å². The zero-order valence-electron chi connectivity index (χ0n) is 11.2. The molecule has 3 rings (SSSR count). The van der Waals surface area contributed by atoms with Gasteiger partial charge in [-0.05, 0) is 37.3 Å². The maximum Gasteiger partial charge on any atom is 0.228 e. The second-order valence-corrected chi connectivity index (χ2v) is 6.85. The van der Waals surface area contributed by atoms with Gasteiger partial charge in [0, 0.05) is 17.2 Å². The molecule has 1 amide bonds. The van der Waals surface area contributed by atoms with Crippen LogP contribution in [0.15, 0.2) is 29.2 Å². The first-order valence-corrected chi connectivity index (χ1v) is 7.86. The minimum atomic E-state index is -0.223. The van der Waals surface area contributed by atoms with E-state index in [-0.39, 0.29) is 17.4 Å². The number of nitrogens with one attached hydrogen (secondary N) is 1. The molecule has 1 aromatic carbocycles. The molecule has 0 saturated heterocycles. The zero-order valence-corrected chi connectivity index (χ0v) is 12.0. The van der Waals surface area contributed by atoms with Crippen molar-refractivity contribution in [1.82, 2.24) is 5.32 Å². The molecule has 1 fully saturated rings. The van der Waals surface area contributed by atoms with E-state index in [2.05, 4.69) is 24.4 Å². The zero-order chi connectivity index (χ0) is 13.5. The van der Waals surface area contributed by atoms with Gasteiger partial charge in [0.05, 0.1) is 11.5 Å². The molecule has 1 saturated carbocycles. The van der Waals surface area contributed by atoms with Gasteiger partial charge in [-0.3, -0.25) is 4.79 Å². The molecular weight excluding hydrogens is 256 g/mol. The summed E-state index contributed by atoms with van der Waals surface area (Å²) in [4.78, 5) is 13.8. The fourth-order valence-corrected chi connectivity index (χ4v) is 4.02. The van der Waals surface area contributed by atoms with Gasteiger partial charge < -0.3 is 11.1 Å². The monoisotopic (exact) mass is 276 g/mol. The highest BCUT2D eigenvalue weighted by molar-refractivity contribution is 7.99. The fraction of sp³-hybridized carbons (Fsp3) is 0.533. The van der Waals surface area contributed by atoms with Crippen LogP contribution >= 0.6 is 11.8 Å². The molecule has 19 heavy (non-hydrogen) atoms. The second kappa shape index (κ2) is 4.84. The molecule has 1 aromatic rings. The van der Waals surface area contributed by atoms with Crippen LogP contribution in [0.3, 0.4) is 0 Å². The van der Waals surface area contributed by atoms with Crippen molar-refractivity contribution >= 4 is 17.7 Å². The van der Waals surface area contributed by atoms with Gasteiger partial charge in [0.2, 0.25) is 5.91 Å². The van der Waals surface area contributed by atoms with E-state index in [9.17, 15) is 4.79 Å². The van der Waals surface area contributed by atoms with Gasteiger partial charge in [0.15, 0.2) is 0 Å². The molecule has 1 heterocycles. The van der Waals surface area contributed by atoms with E-state index in [0.29, 0.717) is 12.5 Å². The first-order chi connectivity index (χ1) is 9.14. The van der Waals surface area contributed by atoms with Crippen LogP contribution in [0.4, 0.5) is 0 Å². The highest BCUT2D eigenvalue weighted by Gasteiger charge is 2.43. The standard InChI is InChI=1S/C15H20N2OS/c1-15(9-16,10-6-7-10)17-14(18)12-8-19-13-5-3-2-4-11(12)13/h2-5,10,12H,6-9,16H2,1H3,(H,17,18). The quantitative estimate of drug-likeness (QED) is 0.885. The summed E-state index contributed by atoms with van der Waals surface area (Å²) < 4.78 is 0. The molecule has 1 aliphatic heterocycles. The molecule has 1 aliphatic carbocycles. The van der Waals surface area contributed by atoms with Crippen LogP contribution in [0.25, 0.3) is 0 Å². The molecule has 0 radical (unpaired) electrons. The smallest absolute Gasteiger partial charge is 0.228 e. The second-order valence-electron chi connectivity index (χ2n) is 5.79. The number of rotatable bonds is 4. The van der Waals surface area contributed by atoms with Crippen LogP contribution in [-0.2, 0) is 4.79 Å². The van der Waals surface area contributed by atoms with E-state index in [1.54, 1.807) is 11.8 Å². The van der Waals surface area contributed by atoms with Crippen molar-refractivity contribution in [3.05, 3.63) is 29.8 Å². The lowest BCUT2D eigenvalue weighted by atomic mass is 9.93. The normalized spacial score (nSPS) is 24.6. The van der Waals surface area contributed by atoms with E-state index in [4.69, 9.17) is 5.73 Å². The third kappa shape index (κ3) is 2.39. The van der Waals surface area contributed by atoms with Gasteiger partial charge in [0.25, 0.3) is 0 Å². The third-order valence-electron chi connectivity index (χ3n) is 4.33. The van der Waals surface area contributed by atoms with Crippen LogP contribution in [0.2, 0.25) is 0 Å². The summed E-state index contributed by atoms with van der Waals surface area (Å²) in [6, 6.07) is 8.20. The number of hydrogen-bond acceptors (Lipinski definition) is 3. The van der Waals surface area contributed by atoms with E-state index >= 15 is 0 Å².